The van der Waals surface area contributed by atoms with Gasteiger partial charge in [-0.15, -0.1) is 11.3 Å². The molecule has 0 bridgehead atoms. The number of thiazole rings is 1. The smallest absolute Gasteiger partial charge is 0.230 e. The molecule has 0 aliphatic heterocycles. The summed E-state index contributed by atoms with van der Waals surface area (Å²) >= 11 is 1.54. The number of benzene rings is 2. The molecule has 2 aromatic heterocycles. The minimum atomic E-state index is -0.0342. The van der Waals surface area contributed by atoms with Gasteiger partial charge in [-0.05, 0) is 55.3 Å². The Morgan fingerprint density at radius 3 is 2.71 bits per heavy atom. The first kappa shape index (κ1) is 18.3. The molecule has 6 heteroatoms. The van der Waals surface area contributed by atoms with Gasteiger partial charge in [-0.25, -0.2) is 4.98 Å². The Labute approximate surface area is 167 Å². The summed E-state index contributed by atoms with van der Waals surface area (Å²) in [5, 5.41) is 5.01. The highest BCUT2D eigenvalue weighted by Crippen LogP contribution is 2.26. The average Bonchev–Trinajstić information content (AvgIpc) is 3.27. The first-order valence-corrected chi connectivity index (χ1v) is 9.88. The number of nitrogens with zero attached hydrogens (tertiary/aromatic N) is 2. The molecule has 0 aliphatic carbocycles. The van der Waals surface area contributed by atoms with Crippen LogP contribution in [0.2, 0.25) is 0 Å². The van der Waals surface area contributed by atoms with Gasteiger partial charge in [0.1, 0.15) is 5.75 Å². The number of carbonyl (C=O) groups is 1. The van der Waals surface area contributed by atoms with E-state index in [1.165, 1.54) is 11.3 Å². The Bertz CT molecular complexity index is 1140. The molecule has 0 atom stereocenters. The van der Waals surface area contributed by atoms with Gasteiger partial charge in [0, 0.05) is 28.5 Å². The largest absolute Gasteiger partial charge is 0.497 e. The SMILES string of the molecule is COc1ccc(-c2cn3c(CC(=O)Nc4cc(C)ccc4C)csc3n2)cc1. The maximum absolute atomic E-state index is 12.6. The van der Waals surface area contributed by atoms with Crippen molar-refractivity contribution in [2.45, 2.75) is 20.3 Å². The van der Waals surface area contributed by atoms with E-state index in [1.54, 1.807) is 7.11 Å². The number of nitrogens with one attached hydrogen (secondary N) is 1. The number of rotatable bonds is 5. The Kier molecular flexibility index (Phi) is 4.88. The summed E-state index contributed by atoms with van der Waals surface area (Å²) in [5.74, 6) is 0.779. The molecular weight excluding hydrogens is 370 g/mol. The van der Waals surface area contributed by atoms with Crippen LogP contribution in [0, 0.1) is 13.8 Å². The van der Waals surface area contributed by atoms with Crippen LogP contribution in [0.4, 0.5) is 5.69 Å². The van der Waals surface area contributed by atoms with Crippen molar-refractivity contribution in [1.82, 2.24) is 9.38 Å². The Morgan fingerprint density at radius 1 is 1.18 bits per heavy atom. The van der Waals surface area contributed by atoms with E-state index in [9.17, 15) is 4.79 Å². The van der Waals surface area contributed by atoms with Gasteiger partial charge in [0.2, 0.25) is 5.91 Å². The van der Waals surface area contributed by atoms with E-state index in [4.69, 9.17) is 4.74 Å². The quantitative estimate of drug-likeness (QED) is 0.528. The highest BCUT2D eigenvalue weighted by atomic mass is 32.1. The number of hydrogen-bond donors (Lipinski definition) is 1. The monoisotopic (exact) mass is 391 g/mol. The summed E-state index contributed by atoms with van der Waals surface area (Å²) in [6, 6.07) is 13.9. The van der Waals surface area contributed by atoms with Gasteiger partial charge in [0.25, 0.3) is 0 Å². The third-order valence-electron chi connectivity index (χ3n) is 4.68. The van der Waals surface area contributed by atoms with E-state index in [2.05, 4.69) is 10.3 Å². The van der Waals surface area contributed by atoms with Gasteiger partial charge in [0.05, 0.1) is 19.2 Å². The fourth-order valence-electron chi connectivity index (χ4n) is 3.09. The normalized spacial score (nSPS) is 11.0. The second kappa shape index (κ2) is 7.48. The fourth-order valence-corrected chi connectivity index (χ4v) is 3.96. The van der Waals surface area contributed by atoms with Gasteiger partial charge in [-0.1, -0.05) is 12.1 Å². The third-order valence-corrected chi connectivity index (χ3v) is 5.57. The number of aromatic nitrogens is 2. The standard InChI is InChI=1S/C22H21N3O2S/c1-14-4-5-15(2)19(10-14)23-21(26)11-17-13-28-22-24-20(12-25(17)22)16-6-8-18(27-3)9-7-16/h4-10,12-13H,11H2,1-3H3,(H,23,26). The number of methoxy groups -OCH3 is 1. The molecule has 0 saturated carbocycles. The predicted octanol–water partition coefficient (Wildman–Crippen LogP) is 4.87. The van der Waals surface area contributed by atoms with Crippen LogP contribution in [0.25, 0.3) is 16.2 Å². The Morgan fingerprint density at radius 2 is 1.96 bits per heavy atom. The zero-order valence-corrected chi connectivity index (χ0v) is 16.8. The summed E-state index contributed by atoms with van der Waals surface area (Å²) < 4.78 is 7.20. The van der Waals surface area contributed by atoms with E-state index in [0.29, 0.717) is 6.42 Å². The summed E-state index contributed by atoms with van der Waals surface area (Å²) in [6.45, 7) is 4.01. The molecule has 0 aliphatic rings. The molecule has 4 rings (SSSR count). The number of aryl methyl sites for hydroxylation is 2. The van der Waals surface area contributed by atoms with Crippen molar-refractivity contribution in [3.8, 4) is 17.0 Å². The lowest BCUT2D eigenvalue weighted by Gasteiger charge is -2.09. The van der Waals surface area contributed by atoms with Crippen LogP contribution in [0.1, 0.15) is 16.8 Å². The first-order chi connectivity index (χ1) is 13.5. The molecule has 0 fully saturated rings. The second-order valence-electron chi connectivity index (χ2n) is 6.78. The summed E-state index contributed by atoms with van der Waals surface area (Å²) in [4.78, 5) is 18.1. The number of carbonyl (C=O) groups excluding carboxylic acids is 1. The van der Waals surface area contributed by atoms with E-state index in [-0.39, 0.29) is 5.91 Å². The van der Waals surface area contributed by atoms with Crippen LogP contribution in [-0.2, 0) is 11.2 Å². The van der Waals surface area contributed by atoms with E-state index in [1.807, 2.05) is 72.3 Å². The molecule has 0 saturated heterocycles. The molecule has 2 aromatic carbocycles. The van der Waals surface area contributed by atoms with E-state index >= 15 is 0 Å². The van der Waals surface area contributed by atoms with Gasteiger partial charge in [-0.2, -0.15) is 0 Å². The van der Waals surface area contributed by atoms with Crippen LogP contribution in [0.15, 0.2) is 54.0 Å². The van der Waals surface area contributed by atoms with Crippen molar-refractivity contribution in [3.05, 3.63) is 70.9 Å². The van der Waals surface area contributed by atoms with E-state index in [0.717, 1.165) is 44.5 Å². The topological polar surface area (TPSA) is 55.6 Å². The maximum Gasteiger partial charge on any atom is 0.230 e. The number of amides is 1. The number of hydrogen-bond acceptors (Lipinski definition) is 4. The zero-order valence-electron chi connectivity index (χ0n) is 16.0. The third kappa shape index (κ3) is 3.64. The molecule has 5 nitrogen and oxygen atoms in total. The molecule has 1 N–H and O–H groups in total. The van der Waals surface area contributed by atoms with Crippen molar-refractivity contribution < 1.29 is 9.53 Å². The molecular formula is C22H21N3O2S. The van der Waals surface area contributed by atoms with Crippen LogP contribution in [0.5, 0.6) is 5.75 Å². The number of ether oxygens (including phenoxy) is 1. The number of anilines is 1. The number of imidazole rings is 1. The first-order valence-electron chi connectivity index (χ1n) is 9.00. The summed E-state index contributed by atoms with van der Waals surface area (Å²) in [7, 11) is 1.65. The summed E-state index contributed by atoms with van der Waals surface area (Å²) in [5.41, 5.74) is 5.86. The van der Waals surface area contributed by atoms with Crippen LogP contribution in [-0.4, -0.2) is 22.4 Å². The second-order valence-corrected chi connectivity index (χ2v) is 7.61. The van der Waals surface area contributed by atoms with Gasteiger partial charge < -0.3 is 10.1 Å². The van der Waals surface area contributed by atoms with Crippen molar-refractivity contribution in [3.63, 3.8) is 0 Å². The lowest BCUT2D eigenvalue weighted by atomic mass is 10.1. The van der Waals surface area contributed by atoms with E-state index < -0.39 is 0 Å². The van der Waals surface area contributed by atoms with Crippen LogP contribution in [0.3, 0.4) is 0 Å². The molecule has 28 heavy (non-hydrogen) atoms. The molecule has 0 radical (unpaired) electrons. The maximum atomic E-state index is 12.6. The molecule has 4 aromatic rings. The number of fused-ring (bicyclic) bond motifs is 1. The van der Waals surface area contributed by atoms with Crippen LogP contribution >= 0.6 is 11.3 Å². The highest BCUT2D eigenvalue weighted by Gasteiger charge is 2.13. The van der Waals surface area contributed by atoms with Gasteiger partial charge in [-0.3, -0.25) is 9.20 Å². The fraction of sp³-hybridized carbons (Fsp3) is 0.182. The Hall–Kier alpha value is -3.12. The van der Waals surface area contributed by atoms with Crippen molar-refractivity contribution in [1.29, 1.82) is 0 Å². The minimum absolute atomic E-state index is 0.0342. The molecule has 2 heterocycles. The average molecular weight is 391 g/mol. The van der Waals surface area contributed by atoms with Gasteiger partial charge in [0.15, 0.2) is 4.96 Å². The molecule has 142 valence electrons. The van der Waals surface area contributed by atoms with Crippen LogP contribution < -0.4 is 10.1 Å². The lowest BCUT2D eigenvalue weighted by molar-refractivity contribution is -0.115. The minimum Gasteiger partial charge on any atom is -0.497 e. The molecule has 0 spiro atoms. The van der Waals surface area contributed by atoms with Crippen molar-refractivity contribution >= 4 is 27.9 Å². The molecule has 0 unspecified atom stereocenters. The van der Waals surface area contributed by atoms with Crippen molar-refractivity contribution in [2.24, 2.45) is 0 Å². The Balaban J connectivity index is 1.55. The van der Waals surface area contributed by atoms with Crippen molar-refractivity contribution in [2.75, 3.05) is 12.4 Å². The highest BCUT2D eigenvalue weighted by molar-refractivity contribution is 7.15. The predicted molar refractivity (Wildman–Crippen MR) is 113 cm³/mol. The summed E-state index contributed by atoms with van der Waals surface area (Å²) in [6.07, 6.45) is 2.28. The zero-order chi connectivity index (χ0) is 19.7. The van der Waals surface area contributed by atoms with Gasteiger partial charge >= 0.3 is 0 Å². The molecule has 1 amide bonds. The lowest BCUT2D eigenvalue weighted by Crippen LogP contribution is -2.16.